The zero-order chi connectivity index (χ0) is 16.9. The number of hydrogen-bond donors (Lipinski definition) is 1. The van der Waals surface area contributed by atoms with E-state index < -0.39 is 5.97 Å². The molecule has 2 heterocycles. The van der Waals surface area contributed by atoms with Crippen LogP contribution in [0.3, 0.4) is 0 Å². The minimum atomic E-state index is -1.10. The fraction of sp³-hybridized carbons (Fsp3) is 0.222. The first-order valence-corrected chi connectivity index (χ1v) is 7.58. The molecule has 1 N–H and O–H groups in total. The second-order valence-corrected chi connectivity index (χ2v) is 5.64. The third-order valence-corrected chi connectivity index (χ3v) is 3.62. The van der Waals surface area contributed by atoms with Crippen molar-refractivity contribution in [3.63, 3.8) is 0 Å². The highest BCUT2D eigenvalue weighted by Gasteiger charge is 2.15. The van der Waals surface area contributed by atoms with Gasteiger partial charge in [0.15, 0.2) is 5.69 Å². The van der Waals surface area contributed by atoms with Crippen molar-refractivity contribution in [3.8, 4) is 0 Å². The van der Waals surface area contributed by atoms with Gasteiger partial charge >= 0.3 is 5.97 Å². The third kappa shape index (κ3) is 4.11. The molecule has 0 atom stereocenters. The Labute approximate surface area is 139 Å². The summed E-state index contributed by atoms with van der Waals surface area (Å²) in [5, 5.41) is 8.95. The maximum atomic E-state index is 10.9. The Bertz CT molecular complexity index is 791. The third-order valence-electron chi connectivity index (χ3n) is 3.62. The number of oxazole rings is 1. The Morgan fingerprint density at radius 3 is 2.54 bits per heavy atom. The Morgan fingerprint density at radius 2 is 1.92 bits per heavy atom. The monoisotopic (exact) mass is 326 g/mol. The number of aromatic carboxylic acids is 1. The first-order valence-electron chi connectivity index (χ1n) is 7.58. The van der Waals surface area contributed by atoms with E-state index in [1.807, 2.05) is 19.1 Å². The van der Waals surface area contributed by atoms with Gasteiger partial charge in [-0.3, -0.25) is 4.90 Å². The van der Waals surface area contributed by atoms with Crippen LogP contribution < -0.4 is 0 Å². The number of aromatic nitrogens is 1. The topological polar surface area (TPSA) is 79.7 Å². The molecule has 2 aromatic heterocycles. The first-order chi connectivity index (χ1) is 11.6. The summed E-state index contributed by atoms with van der Waals surface area (Å²) in [7, 11) is 0. The molecule has 1 aromatic carbocycles. The standard InChI is InChI=1S/C18H18N2O4/c1-13-4-6-14(7-5-13)9-20(10-15-3-2-8-23-15)11-17-19-16(12-24-17)18(21)22/h2-8,12H,9-11H2,1H3,(H,21,22). The Morgan fingerprint density at radius 1 is 1.12 bits per heavy atom. The van der Waals surface area contributed by atoms with Crippen molar-refractivity contribution < 1.29 is 18.7 Å². The van der Waals surface area contributed by atoms with Gasteiger partial charge in [0, 0.05) is 6.54 Å². The Kier molecular flexibility index (Phi) is 4.77. The predicted octanol–water partition coefficient (Wildman–Crippen LogP) is 3.48. The van der Waals surface area contributed by atoms with Gasteiger partial charge in [0.05, 0.1) is 19.4 Å². The lowest BCUT2D eigenvalue weighted by molar-refractivity contribution is 0.0690. The van der Waals surface area contributed by atoms with Crippen LogP contribution in [-0.4, -0.2) is 21.0 Å². The average molecular weight is 326 g/mol. The van der Waals surface area contributed by atoms with E-state index >= 15 is 0 Å². The second-order valence-electron chi connectivity index (χ2n) is 5.64. The molecule has 0 saturated carbocycles. The minimum Gasteiger partial charge on any atom is -0.476 e. The highest BCUT2D eigenvalue weighted by Crippen LogP contribution is 2.15. The van der Waals surface area contributed by atoms with Gasteiger partial charge in [-0.05, 0) is 24.6 Å². The molecule has 6 heteroatoms. The number of carboxylic acid groups (broad SMARTS) is 1. The highest BCUT2D eigenvalue weighted by atomic mass is 16.4. The fourth-order valence-corrected chi connectivity index (χ4v) is 2.42. The van der Waals surface area contributed by atoms with Crippen molar-refractivity contribution in [2.75, 3.05) is 0 Å². The molecule has 0 aliphatic heterocycles. The summed E-state index contributed by atoms with van der Waals surface area (Å²) in [5.74, 6) is 0.0966. The van der Waals surface area contributed by atoms with Crippen LogP contribution in [0.15, 0.2) is 57.8 Å². The lowest BCUT2D eigenvalue weighted by Gasteiger charge is -2.19. The van der Waals surface area contributed by atoms with Gasteiger partial charge in [-0.25, -0.2) is 9.78 Å². The highest BCUT2D eigenvalue weighted by molar-refractivity contribution is 5.84. The van der Waals surface area contributed by atoms with Crippen molar-refractivity contribution in [1.29, 1.82) is 0 Å². The summed E-state index contributed by atoms with van der Waals surface area (Å²) in [5.41, 5.74) is 2.27. The smallest absolute Gasteiger partial charge is 0.357 e. The first kappa shape index (κ1) is 16.0. The fourth-order valence-electron chi connectivity index (χ4n) is 2.42. The molecule has 0 saturated heterocycles. The van der Waals surface area contributed by atoms with Gasteiger partial charge < -0.3 is 13.9 Å². The molecule has 0 aliphatic rings. The van der Waals surface area contributed by atoms with E-state index in [0.29, 0.717) is 25.5 Å². The van der Waals surface area contributed by atoms with E-state index in [1.165, 1.54) is 5.56 Å². The van der Waals surface area contributed by atoms with Crippen molar-refractivity contribution in [2.45, 2.75) is 26.6 Å². The summed E-state index contributed by atoms with van der Waals surface area (Å²) < 4.78 is 10.7. The van der Waals surface area contributed by atoms with Gasteiger partial charge in [0.2, 0.25) is 5.89 Å². The molecular weight excluding hydrogens is 308 g/mol. The summed E-state index contributed by atoms with van der Waals surface area (Å²) in [4.78, 5) is 17.0. The number of rotatable bonds is 7. The van der Waals surface area contributed by atoms with Crippen LogP contribution >= 0.6 is 0 Å². The Balaban J connectivity index is 1.75. The maximum absolute atomic E-state index is 10.9. The van der Waals surface area contributed by atoms with E-state index in [9.17, 15) is 4.79 Å². The van der Waals surface area contributed by atoms with Gasteiger partial charge in [0.1, 0.15) is 12.0 Å². The van der Waals surface area contributed by atoms with E-state index in [2.05, 4.69) is 34.1 Å². The quantitative estimate of drug-likeness (QED) is 0.716. The maximum Gasteiger partial charge on any atom is 0.357 e. The summed E-state index contributed by atoms with van der Waals surface area (Å²) in [6.07, 6.45) is 2.79. The number of carboxylic acids is 1. The minimum absolute atomic E-state index is 0.0849. The number of benzene rings is 1. The zero-order valence-electron chi connectivity index (χ0n) is 13.3. The van der Waals surface area contributed by atoms with Crippen LogP contribution in [0.5, 0.6) is 0 Å². The molecule has 0 aliphatic carbocycles. The van der Waals surface area contributed by atoms with E-state index in [4.69, 9.17) is 13.9 Å². The van der Waals surface area contributed by atoms with Crippen LogP contribution in [0.25, 0.3) is 0 Å². The molecule has 124 valence electrons. The van der Waals surface area contributed by atoms with Crippen molar-refractivity contribution in [1.82, 2.24) is 9.88 Å². The van der Waals surface area contributed by atoms with Crippen molar-refractivity contribution in [3.05, 3.63) is 77.4 Å². The summed E-state index contributed by atoms with van der Waals surface area (Å²) in [6, 6.07) is 12.0. The molecule has 3 rings (SSSR count). The molecular formula is C18H18N2O4. The van der Waals surface area contributed by atoms with Crippen LogP contribution in [0, 0.1) is 6.92 Å². The predicted molar refractivity (Wildman–Crippen MR) is 86.3 cm³/mol. The van der Waals surface area contributed by atoms with Crippen LogP contribution in [-0.2, 0) is 19.6 Å². The van der Waals surface area contributed by atoms with Crippen molar-refractivity contribution >= 4 is 5.97 Å². The van der Waals surface area contributed by atoms with Crippen molar-refractivity contribution in [2.24, 2.45) is 0 Å². The summed E-state index contributed by atoms with van der Waals surface area (Å²) in [6.45, 7) is 3.68. The second kappa shape index (κ2) is 7.14. The lowest BCUT2D eigenvalue weighted by atomic mass is 10.1. The zero-order valence-corrected chi connectivity index (χ0v) is 13.3. The number of hydrogen-bond acceptors (Lipinski definition) is 5. The van der Waals surface area contributed by atoms with E-state index in [-0.39, 0.29) is 5.69 Å². The number of furan rings is 1. The molecule has 0 bridgehead atoms. The van der Waals surface area contributed by atoms with Crippen LogP contribution in [0.2, 0.25) is 0 Å². The number of nitrogens with zero attached hydrogens (tertiary/aromatic N) is 2. The molecule has 6 nitrogen and oxygen atoms in total. The van der Waals surface area contributed by atoms with Crippen LogP contribution in [0.4, 0.5) is 0 Å². The molecule has 0 amide bonds. The van der Waals surface area contributed by atoms with Gasteiger partial charge in [-0.15, -0.1) is 0 Å². The molecule has 24 heavy (non-hydrogen) atoms. The molecule has 3 aromatic rings. The summed E-state index contributed by atoms with van der Waals surface area (Å²) >= 11 is 0. The van der Waals surface area contributed by atoms with Gasteiger partial charge in [-0.1, -0.05) is 29.8 Å². The normalized spacial score (nSPS) is 11.1. The average Bonchev–Trinajstić information content (AvgIpc) is 3.21. The molecule has 0 radical (unpaired) electrons. The molecule has 0 spiro atoms. The van der Waals surface area contributed by atoms with E-state index in [1.54, 1.807) is 6.26 Å². The lowest BCUT2D eigenvalue weighted by Crippen LogP contribution is -2.22. The number of aryl methyl sites for hydroxylation is 1. The SMILES string of the molecule is Cc1ccc(CN(Cc2ccco2)Cc2nc(C(=O)O)co2)cc1. The Hall–Kier alpha value is -2.86. The van der Waals surface area contributed by atoms with Gasteiger partial charge in [-0.2, -0.15) is 0 Å². The van der Waals surface area contributed by atoms with Gasteiger partial charge in [0.25, 0.3) is 0 Å². The van der Waals surface area contributed by atoms with Crippen LogP contribution in [0.1, 0.15) is 33.3 Å². The largest absolute Gasteiger partial charge is 0.476 e. The van der Waals surface area contributed by atoms with E-state index in [0.717, 1.165) is 17.6 Å². The molecule has 0 unspecified atom stereocenters. The number of carbonyl (C=O) groups is 1. The molecule has 0 fully saturated rings.